The SMILES string of the molecule is Cc1ccc(F)c(CC2(O)CNC2)c1. The maximum Gasteiger partial charge on any atom is 0.126 e. The van der Waals surface area contributed by atoms with Crippen molar-refractivity contribution in [3.8, 4) is 0 Å². The molecule has 0 atom stereocenters. The van der Waals surface area contributed by atoms with E-state index in [4.69, 9.17) is 0 Å². The summed E-state index contributed by atoms with van der Waals surface area (Å²) in [6.45, 7) is 3.03. The molecule has 2 N–H and O–H groups in total. The van der Waals surface area contributed by atoms with Crippen molar-refractivity contribution in [2.75, 3.05) is 13.1 Å². The first kappa shape index (κ1) is 9.62. The number of hydrogen-bond donors (Lipinski definition) is 2. The zero-order chi connectivity index (χ0) is 10.2. The van der Waals surface area contributed by atoms with E-state index in [0.29, 0.717) is 25.1 Å². The average molecular weight is 195 g/mol. The topological polar surface area (TPSA) is 32.3 Å². The van der Waals surface area contributed by atoms with Crippen molar-refractivity contribution >= 4 is 0 Å². The molecule has 14 heavy (non-hydrogen) atoms. The summed E-state index contributed by atoms with van der Waals surface area (Å²) in [5.74, 6) is -0.226. The second-order valence-electron chi connectivity index (χ2n) is 4.10. The van der Waals surface area contributed by atoms with Crippen LogP contribution >= 0.6 is 0 Å². The van der Waals surface area contributed by atoms with Gasteiger partial charge >= 0.3 is 0 Å². The molecule has 1 aliphatic heterocycles. The molecular formula is C11H14FNO. The molecule has 0 bridgehead atoms. The number of hydrogen-bond acceptors (Lipinski definition) is 2. The molecule has 2 rings (SSSR count). The molecule has 76 valence electrons. The van der Waals surface area contributed by atoms with Gasteiger partial charge in [-0.05, 0) is 18.6 Å². The summed E-state index contributed by atoms with van der Waals surface area (Å²) < 4.78 is 13.3. The number of β-amino-alcohol motifs (C(OH)–C–C–N with tert-alkyl or cyclic N) is 1. The monoisotopic (exact) mass is 195 g/mol. The predicted molar refractivity (Wildman–Crippen MR) is 52.7 cm³/mol. The molecule has 0 saturated carbocycles. The summed E-state index contributed by atoms with van der Waals surface area (Å²) >= 11 is 0. The van der Waals surface area contributed by atoms with E-state index in [9.17, 15) is 9.50 Å². The van der Waals surface area contributed by atoms with Gasteiger partial charge in [-0.2, -0.15) is 0 Å². The standard InChI is InChI=1S/C11H14FNO/c1-8-2-3-10(12)9(4-8)5-11(14)6-13-7-11/h2-4,13-14H,5-7H2,1H3. The number of benzene rings is 1. The fraction of sp³-hybridized carbons (Fsp3) is 0.455. The van der Waals surface area contributed by atoms with E-state index < -0.39 is 5.60 Å². The van der Waals surface area contributed by atoms with Crippen LogP contribution < -0.4 is 5.32 Å². The summed E-state index contributed by atoms with van der Waals surface area (Å²) in [6.07, 6.45) is 0.396. The van der Waals surface area contributed by atoms with Crippen molar-refractivity contribution in [1.29, 1.82) is 0 Å². The molecule has 0 radical (unpaired) electrons. The Morgan fingerprint density at radius 3 is 2.79 bits per heavy atom. The highest BCUT2D eigenvalue weighted by molar-refractivity contribution is 5.26. The summed E-state index contributed by atoms with van der Waals surface area (Å²) in [4.78, 5) is 0. The molecule has 0 amide bonds. The highest BCUT2D eigenvalue weighted by Gasteiger charge is 2.34. The highest BCUT2D eigenvalue weighted by atomic mass is 19.1. The zero-order valence-electron chi connectivity index (χ0n) is 8.18. The average Bonchev–Trinajstić information content (AvgIpc) is 2.09. The third-order valence-electron chi connectivity index (χ3n) is 2.63. The van der Waals surface area contributed by atoms with Crippen LogP contribution in [-0.4, -0.2) is 23.8 Å². The number of rotatable bonds is 2. The van der Waals surface area contributed by atoms with Gasteiger partial charge in [0.1, 0.15) is 5.82 Å². The minimum atomic E-state index is -0.741. The normalized spacial score (nSPS) is 19.1. The summed E-state index contributed by atoms with van der Waals surface area (Å²) in [5, 5.41) is 12.8. The van der Waals surface area contributed by atoms with Gasteiger partial charge in [-0.3, -0.25) is 0 Å². The lowest BCUT2D eigenvalue weighted by Gasteiger charge is -2.37. The Labute approximate surface area is 82.8 Å². The fourth-order valence-electron chi connectivity index (χ4n) is 1.73. The lowest BCUT2D eigenvalue weighted by atomic mass is 9.88. The molecule has 1 saturated heterocycles. The Morgan fingerprint density at radius 2 is 2.21 bits per heavy atom. The maximum absolute atomic E-state index is 13.3. The van der Waals surface area contributed by atoms with Crippen LogP contribution in [0.25, 0.3) is 0 Å². The molecular weight excluding hydrogens is 181 g/mol. The van der Waals surface area contributed by atoms with Crippen molar-refractivity contribution in [1.82, 2.24) is 5.32 Å². The van der Waals surface area contributed by atoms with Crippen molar-refractivity contribution in [3.05, 3.63) is 35.1 Å². The van der Waals surface area contributed by atoms with Gasteiger partial charge in [-0.15, -0.1) is 0 Å². The minimum absolute atomic E-state index is 0.226. The van der Waals surface area contributed by atoms with Crippen LogP contribution in [0.1, 0.15) is 11.1 Å². The quantitative estimate of drug-likeness (QED) is 0.738. The van der Waals surface area contributed by atoms with Gasteiger partial charge < -0.3 is 10.4 Å². The van der Waals surface area contributed by atoms with E-state index in [1.54, 1.807) is 12.1 Å². The van der Waals surface area contributed by atoms with Gasteiger partial charge in [-0.25, -0.2) is 4.39 Å². The first-order chi connectivity index (χ1) is 6.59. The number of aliphatic hydroxyl groups is 1. The van der Waals surface area contributed by atoms with E-state index in [1.807, 2.05) is 6.92 Å². The summed E-state index contributed by atoms with van der Waals surface area (Å²) in [5.41, 5.74) is 0.889. The van der Waals surface area contributed by atoms with Gasteiger partial charge in [0.15, 0.2) is 0 Å². The van der Waals surface area contributed by atoms with Crippen molar-refractivity contribution in [3.63, 3.8) is 0 Å². The molecule has 0 aliphatic carbocycles. The second kappa shape index (κ2) is 3.33. The van der Waals surface area contributed by atoms with Crippen LogP contribution in [0.4, 0.5) is 4.39 Å². The smallest absolute Gasteiger partial charge is 0.126 e. The molecule has 0 aromatic heterocycles. The highest BCUT2D eigenvalue weighted by Crippen LogP contribution is 2.20. The van der Waals surface area contributed by atoms with Gasteiger partial charge in [0, 0.05) is 19.5 Å². The lowest BCUT2D eigenvalue weighted by Crippen LogP contribution is -2.60. The van der Waals surface area contributed by atoms with Crippen LogP contribution in [0.15, 0.2) is 18.2 Å². The molecule has 1 fully saturated rings. The summed E-state index contributed by atoms with van der Waals surface area (Å²) in [7, 11) is 0. The third-order valence-corrected chi connectivity index (χ3v) is 2.63. The number of halogens is 1. The van der Waals surface area contributed by atoms with Crippen LogP contribution in [0.2, 0.25) is 0 Å². The molecule has 1 aromatic rings. The van der Waals surface area contributed by atoms with Gasteiger partial charge in [-0.1, -0.05) is 17.7 Å². The summed E-state index contributed by atoms with van der Waals surface area (Å²) in [6, 6.07) is 4.99. The van der Waals surface area contributed by atoms with Gasteiger partial charge in [0.2, 0.25) is 0 Å². The van der Waals surface area contributed by atoms with E-state index in [0.717, 1.165) is 5.56 Å². The first-order valence-corrected chi connectivity index (χ1v) is 4.77. The predicted octanol–water partition coefficient (Wildman–Crippen LogP) is 1.01. The maximum atomic E-state index is 13.3. The van der Waals surface area contributed by atoms with Gasteiger partial charge in [0.25, 0.3) is 0 Å². The van der Waals surface area contributed by atoms with Crippen molar-refractivity contribution in [2.24, 2.45) is 0 Å². The Kier molecular flexibility index (Phi) is 2.29. The molecule has 1 aliphatic rings. The van der Waals surface area contributed by atoms with Crippen LogP contribution in [0.3, 0.4) is 0 Å². The zero-order valence-corrected chi connectivity index (χ0v) is 8.18. The Balaban J connectivity index is 2.19. The van der Waals surface area contributed by atoms with Crippen LogP contribution in [0.5, 0.6) is 0 Å². The largest absolute Gasteiger partial charge is 0.387 e. The molecule has 1 heterocycles. The number of aryl methyl sites for hydroxylation is 1. The van der Waals surface area contributed by atoms with Gasteiger partial charge in [0.05, 0.1) is 5.60 Å². The van der Waals surface area contributed by atoms with E-state index in [1.165, 1.54) is 6.07 Å². The molecule has 2 nitrogen and oxygen atoms in total. The van der Waals surface area contributed by atoms with E-state index in [2.05, 4.69) is 5.32 Å². The Morgan fingerprint density at radius 1 is 1.50 bits per heavy atom. The minimum Gasteiger partial charge on any atom is -0.387 e. The third kappa shape index (κ3) is 1.79. The lowest BCUT2D eigenvalue weighted by molar-refractivity contribution is -0.00968. The molecule has 3 heteroatoms. The Hall–Kier alpha value is -0.930. The fourth-order valence-corrected chi connectivity index (χ4v) is 1.73. The first-order valence-electron chi connectivity index (χ1n) is 4.77. The number of nitrogens with one attached hydrogen (secondary N) is 1. The second-order valence-corrected chi connectivity index (χ2v) is 4.10. The van der Waals surface area contributed by atoms with E-state index >= 15 is 0 Å². The van der Waals surface area contributed by atoms with Crippen molar-refractivity contribution < 1.29 is 9.50 Å². The Bertz CT molecular complexity index is 347. The van der Waals surface area contributed by atoms with E-state index in [-0.39, 0.29) is 5.82 Å². The van der Waals surface area contributed by atoms with Crippen LogP contribution in [0, 0.1) is 12.7 Å². The molecule has 1 aromatic carbocycles. The van der Waals surface area contributed by atoms with Crippen molar-refractivity contribution in [2.45, 2.75) is 18.9 Å². The van der Waals surface area contributed by atoms with Crippen LogP contribution in [-0.2, 0) is 6.42 Å². The molecule has 0 spiro atoms. The molecule has 0 unspecified atom stereocenters.